The van der Waals surface area contributed by atoms with E-state index in [9.17, 15) is 0 Å². The SMILES string of the molecule is CCC1C(c2ccccc2)C2c3ccncc3NC2N1CC. The Balaban J connectivity index is 1.84. The summed E-state index contributed by atoms with van der Waals surface area (Å²) >= 11 is 0. The summed E-state index contributed by atoms with van der Waals surface area (Å²) in [4.78, 5) is 6.93. The van der Waals surface area contributed by atoms with Gasteiger partial charge < -0.3 is 5.32 Å². The van der Waals surface area contributed by atoms with Crippen molar-refractivity contribution >= 4 is 5.69 Å². The number of fused-ring (bicyclic) bond motifs is 3. The van der Waals surface area contributed by atoms with Crippen molar-refractivity contribution < 1.29 is 0 Å². The van der Waals surface area contributed by atoms with E-state index in [0.29, 0.717) is 24.0 Å². The van der Waals surface area contributed by atoms with Crippen LogP contribution in [0.2, 0.25) is 0 Å². The zero-order chi connectivity index (χ0) is 15.1. The number of hydrogen-bond donors (Lipinski definition) is 1. The normalized spacial score (nSPS) is 29.9. The molecule has 1 fully saturated rings. The number of likely N-dealkylation sites (tertiary alicyclic amines) is 1. The Kier molecular flexibility index (Phi) is 3.38. The molecule has 1 aromatic heterocycles. The van der Waals surface area contributed by atoms with Crippen LogP contribution in [0.15, 0.2) is 48.8 Å². The van der Waals surface area contributed by atoms with Gasteiger partial charge in [0.2, 0.25) is 0 Å². The summed E-state index contributed by atoms with van der Waals surface area (Å²) in [6, 6.07) is 13.8. The fourth-order valence-corrected chi connectivity index (χ4v) is 4.59. The Labute approximate surface area is 132 Å². The Bertz CT molecular complexity index is 653. The molecule has 1 aromatic carbocycles. The Morgan fingerprint density at radius 2 is 1.91 bits per heavy atom. The van der Waals surface area contributed by atoms with Gasteiger partial charge in [-0.15, -0.1) is 0 Å². The first-order valence-corrected chi connectivity index (χ1v) is 8.36. The highest BCUT2D eigenvalue weighted by molar-refractivity contribution is 5.60. The predicted octanol–water partition coefficient (Wildman–Crippen LogP) is 3.81. The molecule has 4 unspecified atom stereocenters. The minimum atomic E-state index is 0.402. The number of pyridine rings is 1. The summed E-state index contributed by atoms with van der Waals surface area (Å²) in [6.45, 7) is 5.67. The molecule has 4 rings (SSSR count). The van der Waals surface area contributed by atoms with Gasteiger partial charge in [0, 0.05) is 24.1 Å². The van der Waals surface area contributed by atoms with Crippen molar-refractivity contribution in [2.45, 2.75) is 44.3 Å². The van der Waals surface area contributed by atoms with E-state index in [1.807, 2.05) is 12.4 Å². The molecule has 2 aliphatic heterocycles. The van der Waals surface area contributed by atoms with Crippen molar-refractivity contribution in [2.75, 3.05) is 11.9 Å². The maximum absolute atomic E-state index is 4.29. The van der Waals surface area contributed by atoms with Crippen molar-refractivity contribution in [3.05, 3.63) is 59.9 Å². The molecular weight excluding hydrogens is 270 g/mol. The van der Waals surface area contributed by atoms with Gasteiger partial charge in [0.15, 0.2) is 0 Å². The van der Waals surface area contributed by atoms with Crippen LogP contribution >= 0.6 is 0 Å². The molecule has 3 heterocycles. The van der Waals surface area contributed by atoms with Crippen LogP contribution in [0.1, 0.15) is 43.2 Å². The summed E-state index contributed by atoms with van der Waals surface area (Å²) in [6.07, 6.45) is 5.49. The number of likely N-dealkylation sites (N-methyl/N-ethyl adjacent to an activating group) is 1. The number of anilines is 1. The third kappa shape index (κ3) is 1.88. The van der Waals surface area contributed by atoms with Gasteiger partial charge in [-0.1, -0.05) is 44.2 Å². The summed E-state index contributed by atoms with van der Waals surface area (Å²) in [5.41, 5.74) is 4.11. The lowest BCUT2D eigenvalue weighted by molar-refractivity contribution is 0.208. The maximum Gasteiger partial charge on any atom is 0.0873 e. The lowest BCUT2D eigenvalue weighted by atomic mass is 9.80. The monoisotopic (exact) mass is 293 g/mol. The second kappa shape index (κ2) is 5.40. The topological polar surface area (TPSA) is 28.2 Å². The quantitative estimate of drug-likeness (QED) is 0.932. The van der Waals surface area contributed by atoms with Gasteiger partial charge in [-0.2, -0.15) is 0 Å². The highest BCUT2D eigenvalue weighted by Crippen LogP contribution is 2.53. The average Bonchev–Trinajstić information content (AvgIpc) is 3.08. The molecule has 0 amide bonds. The summed E-state index contributed by atoms with van der Waals surface area (Å²) < 4.78 is 0. The van der Waals surface area contributed by atoms with E-state index in [1.165, 1.54) is 23.2 Å². The van der Waals surface area contributed by atoms with Crippen molar-refractivity contribution in [2.24, 2.45) is 0 Å². The molecule has 3 nitrogen and oxygen atoms in total. The molecule has 1 saturated heterocycles. The van der Waals surface area contributed by atoms with Gasteiger partial charge in [-0.3, -0.25) is 9.88 Å². The van der Waals surface area contributed by atoms with Crippen molar-refractivity contribution in [1.82, 2.24) is 9.88 Å². The van der Waals surface area contributed by atoms with Crippen LogP contribution in [0.25, 0.3) is 0 Å². The third-order valence-electron chi connectivity index (χ3n) is 5.41. The van der Waals surface area contributed by atoms with E-state index < -0.39 is 0 Å². The number of aromatic nitrogens is 1. The van der Waals surface area contributed by atoms with Crippen LogP contribution in [0, 0.1) is 0 Å². The molecular formula is C19H23N3. The average molecular weight is 293 g/mol. The maximum atomic E-state index is 4.29. The summed E-state index contributed by atoms with van der Waals surface area (Å²) in [7, 11) is 0. The lowest BCUT2D eigenvalue weighted by Crippen LogP contribution is -2.40. The molecule has 22 heavy (non-hydrogen) atoms. The number of benzene rings is 1. The van der Waals surface area contributed by atoms with Gasteiger partial charge >= 0.3 is 0 Å². The summed E-state index contributed by atoms with van der Waals surface area (Å²) in [5, 5.41) is 3.72. The van der Waals surface area contributed by atoms with Crippen molar-refractivity contribution in [3.63, 3.8) is 0 Å². The van der Waals surface area contributed by atoms with Crippen molar-refractivity contribution in [3.8, 4) is 0 Å². The number of hydrogen-bond acceptors (Lipinski definition) is 3. The molecule has 3 heteroatoms. The zero-order valence-electron chi connectivity index (χ0n) is 13.2. The fourth-order valence-electron chi connectivity index (χ4n) is 4.59. The molecule has 0 radical (unpaired) electrons. The molecule has 2 aromatic rings. The first-order valence-electron chi connectivity index (χ1n) is 8.36. The van der Waals surface area contributed by atoms with Crippen LogP contribution in [0.5, 0.6) is 0 Å². The van der Waals surface area contributed by atoms with Crippen LogP contribution < -0.4 is 5.32 Å². The zero-order valence-corrected chi connectivity index (χ0v) is 13.2. The standard InChI is InChI=1S/C19H23N3/c1-3-16-17(13-8-6-5-7-9-13)18-14-10-11-20-12-15(14)21-19(18)22(16)4-2/h5-12,16-19,21H,3-4H2,1-2H3. The molecule has 0 spiro atoms. The van der Waals surface area contributed by atoms with E-state index in [0.717, 1.165) is 6.54 Å². The fraction of sp³-hybridized carbons (Fsp3) is 0.421. The molecule has 0 aliphatic carbocycles. The predicted molar refractivity (Wildman–Crippen MR) is 90.0 cm³/mol. The number of rotatable bonds is 3. The molecule has 2 aliphatic rings. The molecule has 0 saturated carbocycles. The van der Waals surface area contributed by atoms with Gasteiger partial charge in [-0.05, 0) is 30.2 Å². The second-order valence-corrected chi connectivity index (χ2v) is 6.32. The van der Waals surface area contributed by atoms with Gasteiger partial charge in [0.05, 0.1) is 18.1 Å². The van der Waals surface area contributed by atoms with Gasteiger partial charge in [0.1, 0.15) is 0 Å². The molecule has 4 atom stereocenters. The van der Waals surface area contributed by atoms with E-state index in [4.69, 9.17) is 0 Å². The Hall–Kier alpha value is -1.87. The van der Waals surface area contributed by atoms with Crippen LogP contribution in [-0.2, 0) is 0 Å². The van der Waals surface area contributed by atoms with Gasteiger partial charge in [-0.25, -0.2) is 0 Å². The molecule has 1 N–H and O–H groups in total. The van der Waals surface area contributed by atoms with E-state index in [1.54, 1.807) is 0 Å². The van der Waals surface area contributed by atoms with E-state index in [-0.39, 0.29) is 0 Å². The smallest absolute Gasteiger partial charge is 0.0873 e. The first-order chi connectivity index (χ1) is 10.8. The number of nitrogens with one attached hydrogen (secondary N) is 1. The Morgan fingerprint density at radius 3 is 2.64 bits per heavy atom. The minimum absolute atomic E-state index is 0.402. The lowest BCUT2D eigenvalue weighted by Gasteiger charge is -2.30. The highest BCUT2D eigenvalue weighted by atomic mass is 15.3. The van der Waals surface area contributed by atoms with Crippen molar-refractivity contribution in [1.29, 1.82) is 0 Å². The molecule has 114 valence electrons. The van der Waals surface area contributed by atoms with E-state index >= 15 is 0 Å². The summed E-state index contributed by atoms with van der Waals surface area (Å²) in [5.74, 6) is 1.07. The number of nitrogens with zero attached hydrogens (tertiary/aromatic N) is 2. The van der Waals surface area contributed by atoms with Gasteiger partial charge in [0.25, 0.3) is 0 Å². The molecule has 0 bridgehead atoms. The van der Waals surface area contributed by atoms with E-state index in [2.05, 4.69) is 65.4 Å². The van der Waals surface area contributed by atoms with Crippen LogP contribution in [-0.4, -0.2) is 28.6 Å². The van der Waals surface area contributed by atoms with Crippen LogP contribution in [0.3, 0.4) is 0 Å². The Morgan fingerprint density at radius 1 is 1.09 bits per heavy atom. The first kappa shape index (κ1) is 13.8. The van der Waals surface area contributed by atoms with Crippen LogP contribution in [0.4, 0.5) is 5.69 Å². The third-order valence-corrected chi connectivity index (χ3v) is 5.41. The minimum Gasteiger partial charge on any atom is -0.368 e. The largest absolute Gasteiger partial charge is 0.368 e. The highest BCUT2D eigenvalue weighted by Gasteiger charge is 2.52. The second-order valence-electron chi connectivity index (χ2n) is 6.32.